The summed E-state index contributed by atoms with van der Waals surface area (Å²) in [6.07, 6.45) is 0.525. The average Bonchev–Trinajstić information content (AvgIpc) is 2.89. The first-order valence-electron chi connectivity index (χ1n) is 12.3. The van der Waals surface area contributed by atoms with E-state index in [1.54, 1.807) is 12.1 Å². The van der Waals surface area contributed by atoms with Crippen LogP contribution in [0.4, 0.5) is 14.5 Å². The van der Waals surface area contributed by atoms with Crippen LogP contribution in [0.3, 0.4) is 0 Å². The van der Waals surface area contributed by atoms with Crippen molar-refractivity contribution in [1.29, 1.82) is 0 Å². The summed E-state index contributed by atoms with van der Waals surface area (Å²) in [5.74, 6) is -0.798. The third kappa shape index (κ3) is 7.46. The van der Waals surface area contributed by atoms with Gasteiger partial charge in [-0.05, 0) is 49.5 Å². The Balaban J connectivity index is 0.000000275. The molecular weight excluding hydrogens is 458 g/mol. The lowest BCUT2D eigenvalue weighted by atomic mass is 9.94. The fourth-order valence-corrected chi connectivity index (χ4v) is 3.87. The van der Waals surface area contributed by atoms with Gasteiger partial charge >= 0.3 is 0 Å². The Hall–Kier alpha value is -3.58. The number of hydrogen-bond acceptors (Lipinski definition) is 4. The summed E-state index contributed by atoms with van der Waals surface area (Å²) >= 11 is 0. The SMILES string of the molecule is CC.CC.CN(C)Cc1ccccc1.O=c1[nH]nc2c3c(cc(F)cc13)NC(c1ccc(F)cc1)C2. The quantitative estimate of drug-likeness (QED) is 0.332. The lowest BCUT2D eigenvalue weighted by Gasteiger charge is -2.26. The Morgan fingerprint density at radius 2 is 1.56 bits per heavy atom. The minimum absolute atomic E-state index is 0.156. The van der Waals surface area contributed by atoms with Crippen LogP contribution in [-0.2, 0) is 13.0 Å². The number of nitrogens with zero attached hydrogens (tertiary/aromatic N) is 2. The largest absolute Gasteiger partial charge is 0.377 e. The smallest absolute Gasteiger partial charge is 0.272 e. The number of benzene rings is 3. The lowest BCUT2D eigenvalue weighted by Crippen LogP contribution is -2.23. The van der Waals surface area contributed by atoms with Crippen LogP contribution in [0.15, 0.2) is 71.5 Å². The second-order valence-corrected chi connectivity index (χ2v) is 8.05. The van der Waals surface area contributed by atoms with E-state index in [2.05, 4.69) is 58.8 Å². The summed E-state index contributed by atoms with van der Waals surface area (Å²) in [7, 11) is 4.15. The molecule has 1 aliphatic heterocycles. The van der Waals surface area contributed by atoms with Crippen LogP contribution in [0, 0.1) is 11.6 Å². The maximum Gasteiger partial charge on any atom is 0.272 e. The van der Waals surface area contributed by atoms with Gasteiger partial charge in [-0.25, -0.2) is 13.9 Å². The van der Waals surface area contributed by atoms with Gasteiger partial charge < -0.3 is 10.2 Å². The average molecular weight is 495 g/mol. The van der Waals surface area contributed by atoms with Crippen molar-refractivity contribution in [2.45, 2.75) is 46.7 Å². The van der Waals surface area contributed by atoms with Gasteiger partial charge in [-0.1, -0.05) is 70.2 Å². The minimum Gasteiger partial charge on any atom is -0.377 e. The molecule has 0 spiro atoms. The van der Waals surface area contributed by atoms with E-state index >= 15 is 0 Å². The maximum atomic E-state index is 13.7. The van der Waals surface area contributed by atoms with E-state index in [-0.39, 0.29) is 17.2 Å². The third-order valence-electron chi connectivity index (χ3n) is 5.27. The van der Waals surface area contributed by atoms with Crippen LogP contribution in [0.25, 0.3) is 10.8 Å². The number of H-pyrrole nitrogens is 1. The molecule has 1 aliphatic rings. The highest BCUT2D eigenvalue weighted by Crippen LogP contribution is 2.35. The van der Waals surface area contributed by atoms with Crippen LogP contribution in [0.2, 0.25) is 0 Å². The van der Waals surface area contributed by atoms with E-state index in [0.29, 0.717) is 23.2 Å². The molecule has 0 amide bonds. The molecule has 5 nitrogen and oxygen atoms in total. The topological polar surface area (TPSA) is 61.0 Å². The summed E-state index contributed by atoms with van der Waals surface area (Å²) in [5, 5.41) is 10.6. The van der Waals surface area contributed by atoms with Crippen molar-refractivity contribution >= 4 is 16.5 Å². The van der Waals surface area contributed by atoms with E-state index in [1.165, 1.54) is 29.8 Å². The van der Waals surface area contributed by atoms with Gasteiger partial charge in [0.1, 0.15) is 11.6 Å². The number of hydrogen-bond donors (Lipinski definition) is 2. The number of halogens is 2. The Morgan fingerprint density at radius 3 is 2.17 bits per heavy atom. The molecule has 4 aromatic rings. The molecule has 1 aromatic heterocycles. The molecule has 3 aromatic carbocycles. The molecule has 0 saturated heterocycles. The van der Waals surface area contributed by atoms with Crippen molar-refractivity contribution in [2.75, 3.05) is 19.4 Å². The third-order valence-corrected chi connectivity index (χ3v) is 5.27. The fourth-order valence-electron chi connectivity index (χ4n) is 3.87. The van der Waals surface area contributed by atoms with Crippen LogP contribution in [0.5, 0.6) is 0 Å². The molecule has 2 heterocycles. The molecule has 0 fully saturated rings. The molecule has 5 rings (SSSR count). The molecule has 1 atom stereocenters. The lowest BCUT2D eigenvalue weighted by molar-refractivity contribution is 0.402. The van der Waals surface area contributed by atoms with Crippen molar-refractivity contribution in [2.24, 2.45) is 0 Å². The van der Waals surface area contributed by atoms with E-state index < -0.39 is 11.4 Å². The van der Waals surface area contributed by atoms with Crippen molar-refractivity contribution in [1.82, 2.24) is 15.1 Å². The predicted molar refractivity (Wildman–Crippen MR) is 145 cm³/mol. The molecule has 7 heteroatoms. The highest BCUT2D eigenvalue weighted by Gasteiger charge is 2.24. The summed E-state index contributed by atoms with van der Waals surface area (Å²) in [6.45, 7) is 9.03. The molecule has 0 aliphatic carbocycles. The van der Waals surface area contributed by atoms with Gasteiger partial charge in [-0.15, -0.1) is 0 Å². The molecule has 192 valence electrons. The number of rotatable bonds is 3. The monoisotopic (exact) mass is 494 g/mol. The standard InChI is InChI=1S/C16H11F2N3O.C9H13N.2C2H6/c17-9-3-1-8(2-4-9)12-7-14-15-11(16(22)21-20-14)5-10(18)6-13(15)19-12;1-10(2)8-9-6-4-3-5-7-9;2*1-2/h1-6,12,19H,7H2,(H,21,22);3-7H,8H2,1-2H3;2*1-2H3. The molecule has 0 radical (unpaired) electrons. The van der Waals surface area contributed by atoms with E-state index in [9.17, 15) is 13.6 Å². The first-order chi connectivity index (χ1) is 17.4. The zero-order chi connectivity index (χ0) is 26.7. The van der Waals surface area contributed by atoms with Crippen LogP contribution in [-0.4, -0.2) is 29.2 Å². The summed E-state index contributed by atoms with van der Waals surface area (Å²) in [5.41, 5.74) is 3.05. The van der Waals surface area contributed by atoms with E-state index in [0.717, 1.165) is 12.1 Å². The van der Waals surface area contributed by atoms with E-state index in [1.807, 2.05) is 33.8 Å². The zero-order valence-electron chi connectivity index (χ0n) is 21.9. The molecular formula is C29H36F2N4O. The van der Waals surface area contributed by atoms with Crippen molar-refractivity contribution < 1.29 is 8.78 Å². The molecule has 0 saturated carbocycles. The number of anilines is 1. The van der Waals surface area contributed by atoms with Crippen LogP contribution in [0.1, 0.15) is 50.6 Å². The summed E-state index contributed by atoms with van der Waals surface area (Å²) in [4.78, 5) is 14.0. The van der Waals surface area contributed by atoms with Gasteiger partial charge in [-0.3, -0.25) is 4.79 Å². The fraction of sp³-hybridized carbons (Fsp3) is 0.310. The highest BCUT2D eigenvalue weighted by atomic mass is 19.1. The second-order valence-electron chi connectivity index (χ2n) is 8.05. The minimum atomic E-state index is -0.489. The number of aromatic amines is 1. The maximum absolute atomic E-state index is 13.7. The van der Waals surface area contributed by atoms with Crippen molar-refractivity contribution in [3.63, 3.8) is 0 Å². The van der Waals surface area contributed by atoms with Crippen molar-refractivity contribution in [3.8, 4) is 0 Å². The first-order valence-corrected chi connectivity index (χ1v) is 12.3. The molecule has 2 N–H and O–H groups in total. The Bertz CT molecular complexity index is 1270. The highest BCUT2D eigenvalue weighted by molar-refractivity contribution is 5.96. The second kappa shape index (κ2) is 14.1. The van der Waals surface area contributed by atoms with Crippen molar-refractivity contribution in [3.05, 3.63) is 106 Å². The van der Waals surface area contributed by atoms with Gasteiger partial charge in [-0.2, -0.15) is 5.10 Å². The van der Waals surface area contributed by atoms with Gasteiger partial charge in [0.2, 0.25) is 0 Å². The normalized spacial score (nSPS) is 13.3. The van der Waals surface area contributed by atoms with Crippen LogP contribution < -0.4 is 10.9 Å². The molecule has 0 bridgehead atoms. The summed E-state index contributed by atoms with van der Waals surface area (Å²) in [6, 6.07) is 19.0. The number of aromatic nitrogens is 2. The van der Waals surface area contributed by atoms with Gasteiger partial charge in [0.05, 0.1) is 17.1 Å². The predicted octanol–water partition coefficient (Wildman–Crippen LogP) is 6.71. The van der Waals surface area contributed by atoms with Crippen LogP contribution >= 0.6 is 0 Å². The Morgan fingerprint density at radius 1 is 0.917 bits per heavy atom. The molecule has 1 unspecified atom stereocenters. The zero-order valence-corrected chi connectivity index (χ0v) is 21.9. The van der Waals surface area contributed by atoms with Gasteiger partial charge in [0, 0.05) is 24.0 Å². The van der Waals surface area contributed by atoms with E-state index in [4.69, 9.17) is 0 Å². The Kier molecular flexibility index (Phi) is 11.2. The first kappa shape index (κ1) is 28.7. The summed E-state index contributed by atoms with van der Waals surface area (Å²) < 4.78 is 26.8. The Labute approximate surface area is 212 Å². The van der Waals surface area contributed by atoms with Gasteiger partial charge in [0.15, 0.2) is 0 Å². The molecule has 36 heavy (non-hydrogen) atoms. The van der Waals surface area contributed by atoms with Gasteiger partial charge in [0.25, 0.3) is 5.56 Å². The number of nitrogens with one attached hydrogen (secondary N) is 2.